The fraction of sp³-hybridized carbons (Fsp3) is 0.455. The highest BCUT2D eigenvalue weighted by atomic mass is 16.5. The highest BCUT2D eigenvalue weighted by Crippen LogP contribution is 1.99. The van der Waals surface area contributed by atoms with Crippen molar-refractivity contribution in [1.82, 2.24) is 9.47 Å². The van der Waals surface area contributed by atoms with Crippen LogP contribution >= 0.6 is 0 Å². The number of anilines is 1. The number of carbonyl (C=O) groups excluding carboxylic acids is 1. The van der Waals surface area contributed by atoms with Gasteiger partial charge in [0.05, 0.1) is 18.9 Å². The summed E-state index contributed by atoms with van der Waals surface area (Å²) in [6, 6.07) is 3.18. The first-order valence-electron chi connectivity index (χ1n) is 5.49. The molecule has 0 spiro atoms. The van der Waals surface area contributed by atoms with Crippen LogP contribution in [0.25, 0.3) is 0 Å². The Kier molecular flexibility index (Phi) is 3.43. The Labute approximate surface area is 98.6 Å². The molecule has 1 aromatic rings. The minimum atomic E-state index is -0.325. The average molecular weight is 237 g/mol. The fourth-order valence-corrected chi connectivity index (χ4v) is 1.74. The smallest absolute Gasteiger partial charge is 0.274 e. The van der Waals surface area contributed by atoms with Crippen molar-refractivity contribution < 1.29 is 9.53 Å². The van der Waals surface area contributed by atoms with Gasteiger partial charge in [-0.15, -0.1) is 0 Å². The number of nitrogens with zero attached hydrogens (tertiary/aromatic N) is 2. The van der Waals surface area contributed by atoms with Crippen LogP contribution in [0.5, 0.6) is 0 Å². The molecule has 0 saturated carbocycles. The summed E-state index contributed by atoms with van der Waals surface area (Å²) in [4.78, 5) is 25.2. The third kappa shape index (κ3) is 2.65. The molecule has 1 aliphatic heterocycles. The molecule has 1 aliphatic rings. The first-order valence-corrected chi connectivity index (χ1v) is 5.49. The zero-order valence-electron chi connectivity index (χ0n) is 9.46. The number of morpholine rings is 1. The lowest BCUT2D eigenvalue weighted by Gasteiger charge is -2.27. The Morgan fingerprint density at radius 3 is 2.82 bits per heavy atom. The molecule has 0 aromatic carbocycles. The fourth-order valence-electron chi connectivity index (χ4n) is 1.74. The summed E-state index contributed by atoms with van der Waals surface area (Å²) in [5.41, 5.74) is 5.33. The van der Waals surface area contributed by atoms with E-state index in [2.05, 4.69) is 0 Å². The lowest BCUT2D eigenvalue weighted by atomic mass is 10.3. The second-order valence-corrected chi connectivity index (χ2v) is 3.89. The van der Waals surface area contributed by atoms with Crippen LogP contribution in [0.2, 0.25) is 0 Å². The van der Waals surface area contributed by atoms with Crippen LogP contribution in [0.15, 0.2) is 23.1 Å². The van der Waals surface area contributed by atoms with Crippen molar-refractivity contribution in [2.45, 2.75) is 6.54 Å². The van der Waals surface area contributed by atoms with Crippen molar-refractivity contribution in [3.63, 3.8) is 0 Å². The van der Waals surface area contributed by atoms with E-state index >= 15 is 0 Å². The number of carbonyl (C=O) groups is 1. The van der Waals surface area contributed by atoms with Crippen LogP contribution in [0.1, 0.15) is 0 Å². The number of nitrogens with two attached hydrogens (primary N) is 1. The maximum Gasteiger partial charge on any atom is 0.274 e. The van der Waals surface area contributed by atoms with Gasteiger partial charge in [-0.05, 0) is 12.1 Å². The number of aromatic nitrogens is 1. The van der Waals surface area contributed by atoms with Crippen LogP contribution in [0.4, 0.5) is 5.69 Å². The van der Waals surface area contributed by atoms with E-state index in [1.807, 2.05) is 0 Å². The predicted molar refractivity (Wildman–Crippen MR) is 62.5 cm³/mol. The van der Waals surface area contributed by atoms with E-state index in [1.165, 1.54) is 10.6 Å². The van der Waals surface area contributed by atoms with Crippen molar-refractivity contribution in [3.05, 3.63) is 28.7 Å². The van der Waals surface area contributed by atoms with Gasteiger partial charge in [-0.3, -0.25) is 9.59 Å². The number of pyridine rings is 1. The molecule has 1 amide bonds. The van der Waals surface area contributed by atoms with Gasteiger partial charge in [-0.2, -0.15) is 0 Å². The van der Waals surface area contributed by atoms with Crippen LogP contribution in [0.3, 0.4) is 0 Å². The van der Waals surface area contributed by atoms with E-state index in [-0.39, 0.29) is 23.7 Å². The predicted octanol–water partition coefficient (Wildman–Crippen LogP) is -0.711. The van der Waals surface area contributed by atoms with Crippen molar-refractivity contribution >= 4 is 11.6 Å². The Hall–Kier alpha value is -1.82. The minimum absolute atomic E-state index is 0.0316. The molecule has 92 valence electrons. The molecule has 0 unspecified atom stereocenters. The third-order valence-corrected chi connectivity index (χ3v) is 2.72. The monoisotopic (exact) mass is 237 g/mol. The molecule has 1 fully saturated rings. The molecular weight excluding hydrogens is 222 g/mol. The molecule has 17 heavy (non-hydrogen) atoms. The number of amides is 1. The van der Waals surface area contributed by atoms with Gasteiger partial charge in [0.2, 0.25) is 5.91 Å². The molecule has 2 N–H and O–H groups in total. The number of hydrogen-bond acceptors (Lipinski definition) is 4. The van der Waals surface area contributed by atoms with Gasteiger partial charge in [0, 0.05) is 19.3 Å². The summed E-state index contributed by atoms with van der Waals surface area (Å²) in [7, 11) is 0. The maximum atomic E-state index is 11.9. The lowest BCUT2D eigenvalue weighted by Crippen LogP contribution is -2.43. The van der Waals surface area contributed by atoms with Crippen LogP contribution in [0, 0.1) is 0 Å². The Morgan fingerprint density at radius 1 is 1.41 bits per heavy atom. The highest BCUT2D eigenvalue weighted by molar-refractivity contribution is 5.76. The van der Waals surface area contributed by atoms with Gasteiger partial charge in [0.1, 0.15) is 6.54 Å². The highest BCUT2D eigenvalue weighted by Gasteiger charge is 2.17. The van der Waals surface area contributed by atoms with E-state index in [4.69, 9.17) is 10.5 Å². The van der Waals surface area contributed by atoms with Crippen molar-refractivity contribution in [1.29, 1.82) is 0 Å². The number of rotatable bonds is 2. The molecule has 1 saturated heterocycles. The SMILES string of the molecule is Nc1cccn(CC(=O)N2CCOCC2)c1=O. The first kappa shape index (κ1) is 11.7. The van der Waals surface area contributed by atoms with Gasteiger partial charge in [0.25, 0.3) is 5.56 Å². The number of hydrogen-bond donors (Lipinski definition) is 1. The molecule has 2 heterocycles. The summed E-state index contributed by atoms with van der Waals surface area (Å²) >= 11 is 0. The van der Waals surface area contributed by atoms with E-state index < -0.39 is 0 Å². The van der Waals surface area contributed by atoms with Crippen LogP contribution in [-0.4, -0.2) is 41.7 Å². The molecule has 0 atom stereocenters. The molecule has 0 radical (unpaired) electrons. The Balaban J connectivity index is 2.07. The van der Waals surface area contributed by atoms with Crippen LogP contribution < -0.4 is 11.3 Å². The normalized spacial score (nSPS) is 15.9. The molecule has 0 aliphatic carbocycles. The quantitative estimate of drug-likeness (QED) is 0.737. The minimum Gasteiger partial charge on any atom is -0.394 e. The molecule has 1 aromatic heterocycles. The summed E-state index contributed by atoms with van der Waals surface area (Å²) in [5.74, 6) is -0.0824. The van der Waals surface area contributed by atoms with Gasteiger partial charge in [0.15, 0.2) is 0 Å². The van der Waals surface area contributed by atoms with Gasteiger partial charge in [-0.25, -0.2) is 0 Å². The molecular formula is C11H15N3O3. The lowest BCUT2D eigenvalue weighted by molar-refractivity contribution is -0.135. The van der Waals surface area contributed by atoms with E-state index in [1.54, 1.807) is 17.2 Å². The summed E-state index contributed by atoms with van der Waals surface area (Å²) in [6.45, 7) is 2.30. The molecule has 0 bridgehead atoms. The maximum absolute atomic E-state index is 11.9. The zero-order chi connectivity index (χ0) is 12.3. The Morgan fingerprint density at radius 2 is 2.12 bits per heavy atom. The zero-order valence-corrected chi connectivity index (χ0v) is 9.46. The van der Waals surface area contributed by atoms with Gasteiger partial charge < -0.3 is 19.9 Å². The van der Waals surface area contributed by atoms with E-state index in [0.717, 1.165) is 0 Å². The summed E-state index contributed by atoms with van der Waals surface area (Å²) in [5, 5.41) is 0. The average Bonchev–Trinajstić information content (AvgIpc) is 2.36. The van der Waals surface area contributed by atoms with E-state index in [0.29, 0.717) is 26.3 Å². The van der Waals surface area contributed by atoms with Crippen molar-refractivity contribution in [2.24, 2.45) is 0 Å². The van der Waals surface area contributed by atoms with Gasteiger partial charge >= 0.3 is 0 Å². The second-order valence-electron chi connectivity index (χ2n) is 3.89. The third-order valence-electron chi connectivity index (χ3n) is 2.72. The van der Waals surface area contributed by atoms with Crippen molar-refractivity contribution in [3.8, 4) is 0 Å². The van der Waals surface area contributed by atoms with Crippen molar-refractivity contribution in [2.75, 3.05) is 32.0 Å². The van der Waals surface area contributed by atoms with Crippen LogP contribution in [-0.2, 0) is 16.1 Å². The summed E-state index contributed by atoms with van der Waals surface area (Å²) in [6.07, 6.45) is 1.57. The molecule has 6 heteroatoms. The Bertz CT molecular complexity index is 463. The molecule has 6 nitrogen and oxygen atoms in total. The standard InChI is InChI=1S/C11H15N3O3/c12-9-2-1-3-14(11(9)16)8-10(15)13-4-6-17-7-5-13/h1-3H,4-8,12H2. The summed E-state index contributed by atoms with van der Waals surface area (Å²) < 4.78 is 6.49. The van der Waals surface area contributed by atoms with E-state index in [9.17, 15) is 9.59 Å². The second kappa shape index (κ2) is 5.01. The topological polar surface area (TPSA) is 77.6 Å². The molecule has 2 rings (SSSR count). The number of nitrogen functional groups attached to an aromatic ring is 1. The largest absolute Gasteiger partial charge is 0.394 e. The first-order chi connectivity index (χ1) is 8.18. The van der Waals surface area contributed by atoms with Gasteiger partial charge in [-0.1, -0.05) is 0 Å². The number of ether oxygens (including phenoxy) is 1.